The minimum Gasteiger partial charge on any atom is -0.411 e. The molecule has 118 valence electrons. The van der Waals surface area contributed by atoms with E-state index in [1.54, 1.807) is 12.1 Å². The highest BCUT2D eigenvalue weighted by molar-refractivity contribution is 7.99. The summed E-state index contributed by atoms with van der Waals surface area (Å²) in [6.07, 6.45) is 0.403. The molecule has 2 rings (SSSR count). The van der Waals surface area contributed by atoms with Crippen molar-refractivity contribution in [3.8, 4) is 11.5 Å². The number of carbonyl (C=O) groups excluding carboxylic acids is 1. The van der Waals surface area contributed by atoms with Crippen molar-refractivity contribution in [2.24, 2.45) is 0 Å². The molecule has 1 aromatic carbocycles. The fourth-order valence-corrected chi connectivity index (χ4v) is 2.51. The quantitative estimate of drug-likeness (QED) is 0.839. The summed E-state index contributed by atoms with van der Waals surface area (Å²) in [5.41, 5.74) is 0.600. The van der Waals surface area contributed by atoms with Crippen LogP contribution in [0.3, 0.4) is 0 Å². The summed E-state index contributed by atoms with van der Waals surface area (Å²) < 4.78 is 5.56. The molecule has 1 aromatic heterocycles. The largest absolute Gasteiger partial charge is 0.411 e. The predicted molar refractivity (Wildman–Crippen MR) is 88.0 cm³/mol. The van der Waals surface area contributed by atoms with Gasteiger partial charge in [0.2, 0.25) is 11.8 Å². The Morgan fingerprint density at radius 1 is 1.27 bits per heavy atom. The van der Waals surface area contributed by atoms with E-state index in [1.165, 1.54) is 11.8 Å². The summed E-state index contributed by atoms with van der Waals surface area (Å²) >= 11 is 7.21. The van der Waals surface area contributed by atoms with Gasteiger partial charge in [-0.25, -0.2) is 0 Å². The van der Waals surface area contributed by atoms with Gasteiger partial charge in [0.05, 0.1) is 0 Å². The van der Waals surface area contributed by atoms with E-state index in [1.807, 2.05) is 32.9 Å². The van der Waals surface area contributed by atoms with Crippen LogP contribution in [0.5, 0.6) is 0 Å². The van der Waals surface area contributed by atoms with Crippen LogP contribution < -0.4 is 5.32 Å². The number of rotatable bonds is 5. The van der Waals surface area contributed by atoms with Gasteiger partial charge in [-0.05, 0) is 45.0 Å². The molecule has 22 heavy (non-hydrogen) atoms. The zero-order valence-electron chi connectivity index (χ0n) is 12.7. The molecule has 0 unspecified atom stereocenters. The van der Waals surface area contributed by atoms with Crippen molar-refractivity contribution in [2.45, 2.75) is 38.0 Å². The highest BCUT2D eigenvalue weighted by atomic mass is 35.5. The molecular weight excluding hydrogens is 322 g/mol. The SMILES string of the molecule is CC(C)(C)NC(=O)CCSc1nnc(-c2ccc(Cl)cc2)o1. The molecule has 0 aliphatic rings. The van der Waals surface area contributed by atoms with Gasteiger partial charge in [0.25, 0.3) is 5.22 Å². The first-order chi connectivity index (χ1) is 10.3. The van der Waals surface area contributed by atoms with Crippen molar-refractivity contribution in [1.82, 2.24) is 15.5 Å². The summed E-state index contributed by atoms with van der Waals surface area (Å²) in [6.45, 7) is 5.86. The molecule has 1 amide bonds. The number of aromatic nitrogens is 2. The van der Waals surface area contributed by atoms with E-state index < -0.39 is 0 Å². The Balaban J connectivity index is 1.85. The molecule has 7 heteroatoms. The number of amides is 1. The number of benzene rings is 1. The van der Waals surface area contributed by atoms with Crippen LogP contribution in [-0.4, -0.2) is 27.4 Å². The molecular formula is C15H18ClN3O2S. The minimum absolute atomic E-state index is 0.0115. The number of nitrogens with one attached hydrogen (secondary N) is 1. The fourth-order valence-electron chi connectivity index (χ4n) is 1.69. The van der Waals surface area contributed by atoms with Crippen molar-refractivity contribution in [2.75, 3.05) is 5.75 Å². The molecule has 1 heterocycles. The van der Waals surface area contributed by atoms with Crippen LogP contribution in [0.15, 0.2) is 33.9 Å². The number of nitrogens with zero attached hydrogens (tertiary/aromatic N) is 2. The summed E-state index contributed by atoms with van der Waals surface area (Å²) in [4.78, 5) is 11.7. The van der Waals surface area contributed by atoms with E-state index >= 15 is 0 Å². The number of thioether (sulfide) groups is 1. The van der Waals surface area contributed by atoms with Gasteiger partial charge in [-0.2, -0.15) is 0 Å². The van der Waals surface area contributed by atoms with Crippen LogP contribution in [0.4, 0.5) is 0 Å². The molecule has 0 spiro atoms. The lowest BCUT2D eigenvalue weighted by molar-refractivity contribution is -0.122. The molecule has 0 fully saturated rings. The Labute approximate surface area is 138 Å². The van der Waals surface area contributed by atoms with Crippen molar-refractivity contribution in [3.05, 3.63) is 29.3 Å². The molecule has 0 atom stereocenters. The lowest BCUT2D eigenvalue weighted by atomic mass is 10.1. The van der Waals surface area contributed by atoms with Gasteiger partial charge < -0.3 is 9.73 Å². The smallest absolute Gasteiger partial charge is 0.276 e. The van der Waals surface area contributed by atoms with Gasteiger partial charge >= 0.3 is 0 Å². The lowest BCUT2D eigenvalue weighted by Crippen LogP contribution is -2.40. The minimum atomic E-state index is -0.214. The highest BCUT2D eigenvalue weighted by Crippen LogP contribution is 2.24. The van der Waals surface area contributed by atoms with Crippen molar-refractivity contribution >= 4 is 29.3 Å². The first-order valence-electron chi connectivity index (χ1n) is 6.87. The second-order valence-corrected chi connectivity index (χ2v) is 7.26. The Morgan fingerprint density at radius 3 is 2.59 bits per heavy atom. The van der Waals surface area contributed by atoms with Crippen LogP contribution in [0.1, 0.15) is 27.2 Å². The van der Waals surface area contributed by atoms with Crippen LogP contribution in [-0.2, 0) is 4.79 Å². The lowest BCUT2D eigenvalue weighted by Gasteiger charge is -2.20. The van der Waals surface area contributed by atoms with Gasteiger partial charge in [-0.3, -0.25) is 4.79 Å². The van der Waals surface area contributed by atoms with Gasteiger partial charge in [0, 0.05) is 28.3 Å². The molecule has 2 aromatic rings. The third-order valence-corrected chi connectivity index (χ3v) is 3.64. The maximum Gasteiger partial charge on any atom is 0.276 e. The average Bonchev–Trinajstić information content (AvgIpc) is 2.86. The van der Waals surface area contributed by atoms with Gasteiger partial charge in [0.15, 0.2) is 0 Å². The summed E-state index contributed by atoms with van der Waals surface area (Å²) in [5.74, 6) is 1.04. The Hall–Kier alpha value is -1.53. The van der Waals surface area contributed by atoms with Crippen LogP contribution in [0, 0.1) is 0 Å². The summed E-state index contributed by atoms with van der Waals surface area (Å²) in [6, 6.07) is 7.18. The van der Waals surface area contributed by atoms with Crippen molar-refractivity contribution < 1.29 is 9.21 Å². The number of carbonyl (C=O) groups is 1. The van der Waals surface area contributed by atoms with E-state index in [2.05, 4.69) is 15.5 Å². The van der Waals surface area contributed by atoms with E-state index in [4.69, 9.17) is 16.0 Å². The Bertz CT molecular complexity index is 635. The standard InChI is InChI=1S/C15H18ClN3O2S/c1-15(2,3)17-12(20)8-9-22-14-19-18-13(21-14)10-4-6-11(16)7-5-10/h4-7H,8-9H2,1-3H3,(H,17,20). The zero-order chi connectivity index (χ0) is 16.2. The maximum atomic E-state index is 11.7. The van der Waals surface area contributed by atoms with E-state index in [9.17, 15) is 4.79 Å². The average molecular weight is 340 g/mol. The predicted octanol–water partition coefficient (Wildman–Crippen LogP) is 3.79. The highest BCUT2D eigenvalue weighted by Gasteiger charge is 2.14. The van der Waals surface area contributed by atoms with Gasteiger partial charge in [-0.1, -0.05) is 23.4 Å². The van der Waals surface area contributed by atoms with Gasteiger partial charge in [0.1, 0.15) is 0 Å². The Kier molecular flexibility index (Phi) is 5.47. The van der Waals surface area contributed by atoms with Crippen LogP contribution in [0.25, 0.3) is 11.5 Å². The topological polar surface area (TPSA) is 68.0 Å². The number of hydrogen-bond acceptors (Lipinski definition) is 5. The Morgan fingerprint density at radius 2 is 1.95 bits per heavy atom. The normalized spacial score (nSPS) is 11.5. The molecule has 0 saturated carbocycles. The number of halogens is 1. The van der Waals surface area contributed by atoms with E-state index in [-0.39, 0.29) is 11.4 Å². The third kappa shape index (κ3) is 5.35. The van der Waals surface area contributed by atoms with Crippen LogP contribution in [0.2, 0.25) is 5.02 Å². The van der Waals surface area contributed by atoms with E-state index in [0.717, 1.165) is 5.56 Å². The molecule has 0 radical (unpaired) electrons. The van der Waals surface area contributed by atoms with Gasteiger partial charge in [-0.15, -0.1) is 10.2 Å². The summed E-state index contributed by atoms with van der Waals surface area (Å²) in [5, 5.41) is 12.0. The third-order valence-electron chi connectivity index (χ3n) is 2.57. The van der Waals surface area contributed by atoms with E-state index in [0.29, 0.717) is 28.3 Å². The molecule has 0 aliphatic carbocycles. The fraction of sp³-hybridized carbons (Fsp3) is 0.400. The first kappa shape index (κ1) is 16.8. The monoisotopic (exact) mass is 339 g/mol. The maximum absolute atomic E-state index is 11.7. The second-order valence-electron chi connectivity index (χ2n) is 5.78. The number of hydrogen-bond donors (Lipinski definition) is 1. The zero-order valence-corrected chi connectivity index (χ0v) is 14.3. The molecule has 0 bridgehead atoms. The molecule has 0 aliphatic heterocycles. The molecule has 0 saturated heterocycles. The summed E-state index contributed by atoms with van der Waals surface area (Å²) in [7, 11) is 0. The second kappa shape index (κ2) is 7.15. The molecule has 1 N–H and O–H groups in total. The molecule has 5 nitrogen and oxygen atoms in total. The van der Waals surface area contributed by atoms with Crippen LogP contribution >= 0.6 is 23.4 Å². The van der Waals surface area contributed by atoms with Crippen molar-refractivity contribution in [3.63, 3.8) is 0 Å². The first-order valence-corrected chi connectivity index (χ1v) is 8.23. The van der Waals surface area contributed by atoms with Crippen molar-refractivity contribution in [1.29, 1.82) is 0 Å².